The average molecular weight is 491 g/mol. The number of ether oxygens (including phenoxy) is 3. The topological polar surface area (TPSA) is 77.1 Å². The lowest BCUT2D eigenvalue weighted by Gasteiger charge is -2.24. The first-order valence-corrected chi connectivity index (χ1v) is 14.5. The SMILES string of the molecule is CC(C)(C)OC(=O)N1C[C@H](NC(=O)OCC[Si](C)(C)C)[C@@H](c2cccc(OC(F)(F)F)c2)C1. The Labute approximate surface area is 193 Å². The van der Waals surface area contributed by atoms with Crippen molar-refractivity contribution >= 4 is 20.3 Å². The molecule has 0 aliphatic carbocycles. The van der Waals surface area contributed by atoms with Crippen LogP contribution in [0.3, 0.4) is 0 Å². The van der Waals surface area contributed by atoms with E-state index in [0.717, 1.165) is 6.04 Å². The lowest BCUT2D eigenvalue weighted by Crippen LogP contribution is -2.42. The van der Waals surface area contributed by atoms with Crippen molar-refractivity contribution in [3.8, 4) is 5.75 Å². The summed E-state index contributed by atoms with van der Waals surface area (Å²) in [5, 5.41) is 2.77. The Balaban J connectivity index is 2.18. The van der Waals surface area contributed by atoms with Gasteiger partial charge in [0.1, 0.15) is 11.4 Å². The van der Waals surface area contributed by atoms with E-state index in [4.69, 9.17) is 9.47 Å². The first-order chi connectivity index (χ1) is 15.0. The maximum Gasteiger partial charge on any atom is 0.573 e. The predicted molar refractivity (Wildman–Crippen MR) is 120 cm³/mol. The number of amides is 2. The molecule has 1 aromatic rings. The lowest BCUT2D eigenvalue weighted by atomic mass is 9.94. The van der Waals surface area contributed by atoms with E-state index >= 15 is 0 Å². The molecular weight excluding hydrogens is 457 g/mol. The quantitative estimate of drug-likeness (QED) is 0.544. The number of hydrogen-bond donors (Lipinski definition) is 1. The molecule has 1 fully saturated rings. The maximum atomic E-state index is 12.7. The van der Waals surface area contributed by atoms with E-state index in [1.54, 1.807) is 26.8 Å². The molecule has 2 atom stereocenters. The molecule has 2 rings (SSSR count). The fourth-order valence-electron chi connectivity index (χ4n) is 3.35. The van der Waals surface area contributed by atoms with E-state index in [1.165, 1.54) is 23.1 Å². The summed E-state index contributed by atoms with van der Waals surface area (Å²) in [6.45, 7) is 12.3. The molecule has 33 heavy (non-hydrogen) atoms. The summed E-state index contributed by atoms with van der Waals surface area (Å²) in [5.74, 6) is -0.842. The van der Waals surface area contributed by atoms with E-state index in [-0.39, 0.29) is 25.4 Å². The average Bonchev–Trinajstić information content (AvgIpc) is 3.02. The smallest absolute Gasteiger partial charge is 0.450 e. The van der Waals surface area contributed by atoms with E-state index < -0.39 is 44.2 Å². The number of halogens is 3. The van der Waals surface area contributed by atoms with Gasteiger partial charge in [-0.2, -0.15) is 0 Å². The maximum absolute atomic E-state index is 12.7. The molecule has 1 saturated heterocycles. The highest BCUT2D eigenvalue weighted by atomic mass is 28.3. The molecular formula is C22H33F3N2O5Si. The zero-order chi connectivity index (χ0) is 25.0. The van der Waals surface area contributed by atoms with Crippen molar-refractivity contribution in [1.29, 1.82) is 0 Å². The molecule has 0 radical (unpaired) electrons. The Bertz CT molecular complexity index is 837. The third-order valence-electron chi connectivity index (χ3n) is 4.88. The van der Waals surface area contributed by atoms with Gasteiger partial charge >= 0.3 is 18.5 Å². The molecule has 0 bridgehead atoms. The molecule has 186 valence electrons. The number of nitrogens with one attached hydrogen (secondary N) is 1. The van der Waals surface area contributed by atoms with Gasteiger partial charge in [0.05, 0.1) is 12.6 Å². The van der Waals surface area contributed by atoms with Gasteiger partial charge < -0.3 is 24.4 Å². The van der Waals surface area contributed by atoms with Crippen LogP contribution in [0.5, 0.6) is 5.75 Å². The van der Waals surface area contributed by atoms with Crippen LogP contribution < -0.4 is 10.1 Å². The zero-order valence-electron chi connectivity index (χ0n) is 19.9. The Morgan fingerprint density at radius 1 is 1.15 bits per heavy atom. The van der Waals surface area contributed by atoms with Crippen molar-refractivity contribution in [2.24, 2.45) is 0 Å². The number of hydrogen-bond acceptors (Lipinski definition) is 5. The number of rotatable bonds is 6. The molecule has 1 heterocycles. The molecule has 1 aliphatic heterocycles. The Kier molecular flexibility index (Phi) is 8.31. The minimum atomic E-state index is -4.82. The van der Waals surface area contributed by atoms with Crippen molar-refractivity contribution in [2.75, 3.05) is 19.7 Å². The highest BCUT2D eigenvalue weighted by Gasteiger charge is 2.39. The number of nitrogens with zero attached hydrogens (tertiary/aromatic N) is 1. The largest absolute Gasteiger partial charge is 0.573 e. The minimum Gasteiger partial charge on any atom is -0.450 e. The van der Waals surface area contributed by atoms with Gasteiger partial charge in [-0.1, -0.05) is 31.8 Å². The summed E-state index contributed by atoms with van der Waals surface area (Å²) < 4.78 is 52.8. The Morgan fingerprint density at radius 2 is 1.82 bits per heavy atom. The molecule has 2 amide bonds. The van der Waals surface area contributed by atoms with E-state index in [9.17, 15) is 22.8 Å². The van der Waals surface area contributed by atoms with E-state index in [2.05, 4.69) is 29.7 Å². The second-order valence-electron chi connectivity index (χ2n) is 10.3. The van der Waals surface area contributed by atoms with Gasteiger partial charge in [0.2, 0.25) is 0 Å². The summed E-state index contributed by atoms with van der Waals surface area (Å²) in [4.78, 5) is 26.4. The highest BCUT2D eigenvalue weighted by Crippen LogP contribution is 2.32. The molecule has 0 saturated carbocycles. The zero-order valence-corrected chi connectivity index (χ0v) is 20.9. The molecule has 0 aromatic heterocycles. The molecule has 0 spiro atoms. The first-order valence-electron chi connectivity index (χ1n) is 10.8. The van der Waals surface area contributed by atoms with Crippen LogP contribution in [0, 0.1) is 0 Å². The predicted octanol–water partition coefficient (Wildman–Crippen LogP) is 5.35. The number of alkyl carbamates (subject to hydrolysis) is 1. The van der Waals surface area contributed by atoms with Gasteiger partial charge in [0, 0.05) is 27.1 Å². The summed E-state index contributed by atoms with van der Waals surface area (Å²) in [7, 11) is -1.39. The van der Waals surface area contributed by atoms with Crippen molar-refractivity contribution in [1.82, 2.24) is 10.2 Å². The molecule has 1 aromatic carbocycles. The van der Waals surface area contributed by atoms with Crippen LogP contribution in [0.15, 0.2) is 24.3 Å². The van der Waals surface area contributed by atoms with Gasteiger partial charge in [0.25, 0.3) is 0 Å². The van der Waals surface area contributed by atoms with Crippen molar-refractivity contribution in [3.05, 3.63) is 29.8 Å². The third-order valence-corrected chi connectivity index (χ3v) is 6.58. The van der Waals surface area contributed by atoms with Crippen LogP contribution in [0.1, 0.15) is 32.3 Å². The number of carbonyl (C=O) groups is 2. The van der Waals surface area contributed by atoms with Crippen LogP contribution >= 0.6 is 0 Å². The summed E-state index contributed by atoms with van der Waals surface area (Å²) in [6, 6.07) is 5.77. The van der Waals surface area contributed by atoms with Gasteiger partial charge in [-0.15, -0.1) is 13.2 Å². The second kappa shape index (κ2) is 10.2. The van der Waals surface area contributed by atoms with Crippen LogP contribution in [-0.4, -0.2) is 62.9 Å². The second-order valence-corrected chi connectivity index (χ2v) is 15.9. The number of benzene rings is 1. The standard InChI is InChI=1S/C22H33F3N2O5Si/c1-21(2,3)32-20(29)27-13-17(15-8-7-9-16(12-15)31-22(23,24)25)18(14-27)26-19(28)30-10-11-33(4,5)6/h7-9,12,17-18H,10-11,13-14H2,1-6H3,(H,26,28)/t17-,18+/m1/s1. The van der Waals surface area contributed by atoms with Gasteiger partial charge in [-0.05, 0) is 44.5 Å². The molecule has 1 N–H and O–H groups in total. The van der Waals surface area contributed by atoms with Crippen molar-refractivity contribution < 1.29 is 37.0 Å². The third kappa shape index (κ3) is 9.53. The fraction of sp³-hybridized carbons (Fsp3) is 0.636. The van der Waals surface area contributed by atoms with E-state index in [0.29, 0.717) is 5.56 Å². The molecule has 0 unspecified atom stereocenters. The van der Waals surface area contributed by atoms with Gasteiger partial charge in [-0.3, -0.25) is 0 Å². The Morgan fingerprint density at radius 3 is 2.39 bits per heavy atom. The highest BCUT2D eigenvalue weighted by molar-refractivity contribution is 6.76. The van der Waals surface area contributed by atoms with Crippen molar-refractivity contribution in [3.63, 3.8) is 0 Å². The summed E-state index contributed by atoms with van der Waals surface area (Å²) >= 11 is 0. The number of carbonyl (C=O) groups excluding carboxylic acids is 2. The fourth-order valence-corrected chi connectivity index (χ4v) is 4.06. The van der Waals surface area contributed by atoms with Crippen LogP contribution in [-0.2, 0) is 9.47 Å². The number of likely N-dealkylation sites (tertiary alicyclic amines) is 1. The molecule has 11 heteroatoms. The summed E-state index contributed by atoms with van der Waals surface area (Å²) in [5.41, 5.74) is -0.218. The monoisotopic (exact) mass is 490 g/mol. The summed E-state index contributed by atoms with van der Waals surface area (Å²) in [6.07, 6.45) is -6.02. The Hall–Kier alpha value is -2.43. The van der Waals surface area contributed by atoms with E-state index in [1.807, 2.05) is 0 Å². The van der Waals surface area contributed by atoms with Crippen molar-refractivity contribution in [2.45, 2.75) is 70.4 Å². The van der Waals surface area contributed by atoms with Gasteiger partial charge in [0.15, 0.2) is 0 Å². The van der Waals surface area contributed by atoms with Crippen LogP contribution in [0.25, 0.3) is 0 Å². The first kappa shape index (κ1) is 26.8. The minimum absolute atomic E-state index is 0.132. The van der Waals surface area contributed by atoms with Gasteiger partial charge in [-0.25, -0.2) is 9.59 Å². The molecule has 7 nitrogen and oxygen atoms in total. The number of alkyl halides is 3. The normalized spacial score (nSPS) is 19.2. The van der Waals surface area contributed by atoms with Crippen LogP contribution in [0.4, 0.5) is 22.8 Å². The van der Waals surface area contributed by atoms with Crippen LogP contribution in [0.2, 0.25) is 25.7 Å². The molecule has 1 aliphatic rings. The lowest BCUT2D eigenvalue weighted by molar-refractivity contribution is -0.274.